The van der Waals surface area contributed by atoms with Crippen molar-refractivity contribution in [2.24, 2.45) is 0 Å². The number of amides is 1. The van der Waals surface area contributed by atoms with E-state index in [2.05, 4.69) is 6.92 Å². The highest BCUT2D eigenvalue weighted by Crippen LogP contribution is 2.13. The second-order valence-electron chi connectivity index (χ2n) is 6.25. The van der Waals surface area contributed by atoms with Crippen LogP contribution in [-0.4, -0.2) is 35.8 Å². The van der Waals surface area contributed by atoms with E-state index in [1.54, 1.807) is 0 Å². The Bertz CT molecular complexity index is 243. The second kappa shape index (κ2) is 12.2. The lowest BCUT2D eigenvalue weighted by Gasteiger charge is -2.26. The van der Waals surface area contributed by atoms with Gasteiger partial charge < -0.3 is 5.11 Å². The minimum atomic E-state index is -0.695. The Balaban J connectivity index is 3.34. The molecule has 3 nitrogen and oxygen atoms in total. The van der Waals surface area contributed by atoms with Gasteiger partial charge in [-0.1, -0.05) is 64.7 Å². The third kappa shape index (κ3) is 9.35. The highest BCUT2D eigenvalue weighted by atomic mass is 16.4. The van der Waals surface area contributed by atoms with Gasteiger partial charge in [0.05, 0.1) is 20.1 Å². The molecule has 0 aromatic carbocycles. The largest absolute Gasteiger partial charge is 0.513 e. The molecule has 0 fully saturated rings. The summed E-state index contributed by atoms with van der Waals surface area (Å²) in [6, 6.07) is 0. The summed E-state index contributed by atoms with van der Waals surface area (Å²) in [5.41, 5.74) is 0. The number of unbranched alkanes of at least 4 members (excludes halogenated alkanes) is 10. The molecule has 0 saturated carbocycles. The van der Waals surface area contributed by atoms with E-state index in [4.69, 9.17) is 5.11 Å². The van der Waals surface area contributed by atoms with Gasteiger partial charge in [-0.05, 0) is 19.8 Å². The van der Waals surface area contributed by atoms with Crippen molar-refractivity contribution < 1.29 is 14.4 Å². The van der Waals surface area contributed by atoms with Gasteiger partial charge in [-0.15, -0.1) is 0 Å². The van der Waals surface area contributed by atoms with Gasteiger partial charge in [0, 0.05) is 0 Å². The van der Waals surface area contributed by atoms with Crippen LogP contribution in [0.2, 0.25) is 0 Å². The summed E-state index contributed by atoms with van der Waals surface area (Å²) in [6.07, 6.45) is 13.7. The van der Waals surface area contributed by atoms with E-state index in [-0.39, 0.29) is 4.48 Å². The first kappa shape index (κ1) is 19.4. The molecule has 3 heteroatoms. The zero-order chi connectivity index (χ0) is 15.3. The fraction of sp³-hybridized carbons (Fsp3) is 0.941. The first-order valence-electron chi connectivity index (χ1n) is 8.65. The SMILES string of the molecule is CCCCCCCCCCCCC[N+](C)(CC)C(=O)O. The number of hydrogen-bond donors (Lipinski definition) is 1. The van der Waals surface area contributed by atoms with Crippen molar-refractivity contribution in [3.63, 3.8) is 0 Å². The van der Waals surface area contributed by atoms with E-state index in [0.29, 0.717) is 6.54 Å². The van der Waals surface area contributed by atoms with E-state index in [9.17, 15) is 4.79 Å². The van der Waals surface area contributed by atoms with Crippen molar-refractivity contribution in [3.05, 3.63) is 0 Å². The second-order valence-corrected chi connectivity index (χ2v) is 6.25. The first-order valence-corrected chi connectivity index (χ1v) is 8.65. The highest BCUT2D eigenvalue weighted by Gasteiger charge is 2.28. The molecule has 1 unspecified atom stereocenters. The average Bonchev–Trinajstić information content (AvgIpc) is 2.44. The van der Waals surface area contributed by atoms with Crippen molar-refractivity contribution in [2.75, 3.05) is 20.1 Å². The van der Waals surface area contributed by atoms with Crippen LogP contribution >= 0.6 is 0 Å². The summed E-state index contributed by atoms with van der Waals surface area (Å²) in [5.74, 6) is 0. The van der Waals surface area contributed by atoms with Crippen LogP contribution in [0.4, 0.5) is 4.79 Å². The van der Waals surface area contributed by atoms with E-state index < -0.39 is 6.09 Å². The number of rotatable bonds is 13. The Hall–Kier alpha value is -0.570. The van der Waals surface area contributed by atoms with Crippen molar-refractivity contribution in [3.8, 4) is 0 Å². The molecule has 1 amide bonds. The molecule has 0 aromatic rings. The van der Waals surface area contributed by atoms with Crippen LogP contribution in [0.25, 0.3) is 0 Å². The molecule has 1 atom stereocenters. The third-order valence-electron chi connectivity index (χ3n) is 4.41. The molecule has 0 bridgehead atoms. The van der Waals surface area contributed by atoms with E-state index >= 15 is 0 Å². The van der Waals surface area contributed by atoms with Crippen molar-refractivity contribution in [2.45, 2.75) is 84.5 Å². The predicted octanol–water partition coefficient (Wildman–Crippen LogP) is 5.44. The summed E-state index contributed by atoms with van der Waals surface area (Å²) in [4.78, 5) is 11.1. The molecule has 20 heavy (non-hydrogen) atoms. The minimum absolute atomic E-state index is 0.164. The first-order chi connectivity index (χ1) is 9.56. The van der Waals surface area contributed by atoms with E-state index in [1.165, 1.54) is 64.2 Å². The van der Waals surface area contributed by atoms with Gasteiger partial charge in [-0.3, -0.25) is 0 Å². The number of carboxylic acid groups (broad SMARTS) is 1. The molecule has 120 valence electrons. The standard InChI is InChI=1S/C17H35NO2/c1-4-6-7-8-9-10-11-12-13-14-15-16-18(3,5-2)17(19)20/h4-16H2,1-3H3/p+1. The topological polar surface area (TPSA) is 37.3 Å². The summed E-state index contributed by atoms with van der Waals surface area (Å²) in [7, 11) is 1.82. The predicted molar refractivity (Wildman–Crippen MR) is 86.1 cm³/mol. The van der Waals surface area contributed by atoms with Crippen LogP contribution in [0, 0.1) is 0 Å². The Labute approximate surface area is 126 Å². The zero-order valence-corrected chi connectivity index (χ0v) is 14.0. The van der Waals surface area contributed by atoms with Gasteiger partial charge in [0.25, 0.3) is 0 Å². The molecule has 0 aliphatic heterocycles. The fourth-order valence-corrected chi connectivity index (χ4v) is 2.51. The van der Waals surface area contributed by atoms with Crippen LogP contribution in [0.15, 0.2) is 0 Å². The molecule has 0 aliphatic carbocycles. The fourth-order valence-electron chi connectivity index (χ4n) is 2.51. The average molecular weight is 286 g/mol. The highest BCUT2D eigenvalue weighted by molar-refractivity contribution is 5.56. The minimum Gasteiger partial charge on any atom is -0.435 e. The third-order valence-corrected chi connectivity index (χ3v) is 4.41. The number of hydrogen-bond acceptors (Lipinski definition) is 1. The quantitative estimate of drug-likeness (QED) is 0.361. The molecule has 0 aromatic heterocycles. The van der Waals surface area contributed by atoms with Gasteiger partial charge >= 0.3 is 6.09 Å². The van der Waals surface area contributed by atoms with Crippen molar-refractivity contribution >= 4 is 6.09 Å². The van der Waals surface area contributed by atoms with Gasteiger partial charge in [-0.2, -0.15) is 4.79 Å². The molecular weight excluding hydrogens is 250 g/mol. The van der Waals surface area contributed by atoms with Crippen LogP contribution in [0.5, 0.6) is 0 Å². The van der Waals surface area contributed by atoms with Gasteiger partial charge in [0.1, 0.15) is 0 Å². The lowest BCUT2D eigenvalue weighted by molar-refractivity contribution is -0.835. The van der Waals surface area contributed by atoms with Gasteiger partial charge in [-0.25, -0.2) is 4.48 Å². The zero-order valence-electron chi connectivity index (χ0n) is 14.0. The maximum Gasteiger partial charge on any atom is 0.513 e. The summed E-state index contributed by atoms with van der Waals surface area (Å²) < 4.78 is 0.164. The molecule has 0 rings (SSSR count). The molecule has 0 saturated heterocycles. The molecule has 1 N–H and O–H groups in total. The number of quaternary nitrogens is 1. The Morgan fingerprint density at radius 2 is 1.20 bits per heavy atom. The maximum absolute atomic E-state index is 11.1. The normalized spacial score (nSPS) is 14.2. The Kier molecular flexibility index (Phi) is 11.8. The molecule has 0 heterocycles. The monoisotopic (exact) mass is 286 g/mol. The summed E-state index contributed by atoms with van der Waals surface area (Å²) in [6.45, 7) is 5.65. The Morgan fingerprint density at radius 1 is 0.800 bits per heavy atom. The molecule has 0 spiro atoms. The van der Waals surface area contributed by atoms with Gasteiger partial charge in [0.15, 0.2) is 0 Å². The van der Waals surface area contributed by atoms with E-state index in [0.717, 1.165) is 13.0 Å². The smallest absolute Gasteiger partial charge is 0.435 e. The molecule has 0 aliphatic rings. The lowest BCUT2D eigenvalue weighted by atomic mass is 10.1. The summed E-state index contributed by atoms with van der Waals surface area (Å²) in [5, 5.41) is 9.17. The van der Waals surface area contributed by atoms with Crippen molar-refractivity contribution in [1.82, 2.24) is 0 Å². The van der Waals surface area contributed by atoms with Crippen molar-refractivity contribution in [1.29, 1.82) is 0 Å². The van der Waals surface area contributed by atoms with Gasteiger partial charge in [0.2, 0.25) is 0 Å². The lowest BCUT2D eigenvalue weighted by Crippen LogP contribution is -2.48. The Morgan fingerprint density at radius 3 is 1.55 bits per heavy atom. The van der Waals surface area contributed by atoms with Crippen LogP contribution < -0.4 is 0 Å². The van der Waals surface area contributed by atoms with Crippen LogP contribution in [0.1, 0.15) is 84.5 Å². The number of nitrogens with zero attached hydrogens (tertiary/aromatic N) is 1. The maximum atomic E-state index is 11.1. The molecular formula is C17H36NO2+. The summed E-state index contributed by atoms with van der Waals surface area (Å²) >= 11 is 0. The van der Waals surface area contributed by atoms with Crippen LogP contribution in [0.3, 0.4) is 0 Å². The van der Waals surface area contributed by atoms with Crippen LogP contribution in [-0.2, 0) is 0 Å². The van der Waals surface area contributed by atoms with E-state index in [1.807, 2.05) is 14.0 Å². The number of carbonyl (C=O) groups is 1. The molecule has 0 radical (unpaired) electrons.